The molecule has 86 valence electrons. The number of thioether (sulfide) groups is 1. The van der Waals surface area contributed by atoms with Crippen LogP contribution in [0.15, 0.2) is 18.5 Å². The van der Waals surface area contributed by atoms with Crippen LogP contribution in [0.1, 0.15) is 17.3 Å². The molecule has 1 aliphatic rings. The number of hydrogen-bond donors (Lipinski definition) is 0. The molecule has 0 aromatic carbocycles. The first kappa shape index (κ1) is 11.7. The first-order valence-electron chi connectivity index (χ1n) is 5.19. The molecular formula is C11H13ClN2OS. The lowest BCUT2D eigenvalue weighted by Gasteiger charge is -2.30. The third-order valence-corrected chi connectivity index (χ3v) is 3.97. The summed E-state index contributed by atoms with van der Waals surface area (Å²) in [6.45, 7) is 3.73. The summed E-state index contributed by atoms with van der Waals surface area (Å²) >= 11 is 7.86. The zero-order valence-corrected chi connectivity index (χ0v) is 10.6. The van der Waals surface area contributed by atoms with Crippen molar-refractivity contribution < 1.29 is 4.79 Å². The van der Waals surface area contributed by atoms with Gasteiger partial charge in [-0.2, -0.15) is 11.8 Å². The molecule has 5 heteroatoms. The topological polar surface area (TPSA) is 33.2 Å². The summed E-state index contributed by atoms with van der Waals surface area (Å²) in [7, 11) is 0. The summed E-state index contributed by atoms with van der Waals surface area (Å²) in [5, 5.41) is 0.927. The Bertz CT molecular complexity index is 399. The maximum atomic E-state index is 12.2. The molecule has 0 spiro atoms. The van der Waals surface area contributed by atoms with E-state index in [9.17, 15) is 4.79 Å². The van der Waals surface area contributed by atoms with Crippen LogP contribution in [0.25, 0.3) is 0 Å². The Hall–Kier alpha value is -0.740. The van der Waals surface area contributed by atoms with Crippen LogP contribution in [0.4, 0.5) is 0 Å². The van der Waals surface area contributed by atoms with Crippen molar-refractivity contribution in [1.82, 2.24) is 9.88 Å². The van der Waals surface area contributed by atoms with Crippen molar-refractivity contribution in [2.75, 3.05) is 18.8 Å². The van der Waals surface area contributed by atoms with Crippen molar-refractivity contribution in [2.24, 2.45) is 0 Å². The molecule has 0 bridgehead atoms. The maximum absolute atomic E-state index is 12.2. The lowest BCUT2D eigenvalue weighted by molar-refractivity contribution is 0.0763. The van der Waals surface area contributed by atoms with Gasteiger partial charge in [-0.3, -0.25) is 9.78 Å². The molecule has 0 saturated carbocycles. The molecule has 2 heterocycles. The monoisotopic (exact) mass is 256 g/mol. The van der Waals surface area contributed by atoms with E-state index in [1.807, 2.05) is 16.7 Å². The maximum Gasteiger partial charge on any atom is 0.255 e. The fourth-order valence-electron chi connectivity index (χ4n) is 1.72. The van der Waals surface area contributed by atoms with Crippen molar-refractivity contribution in [3.63, 3.8) is 0 Å². The van der Waals surface area contributed by atoms with Gasteiger partial charge >= 0.3 is 0 Å². The van der Waals surface area contributed by atoms with Crippen molar-refractivity contribution in [2.45, 2.75) is 12.2 Å². The summed E-state index contributed by atoms with van der Waals surface area (Å²) < 4.78 is 0. The summed E-state index contributed by atoms with van der Waals surface area (Å²) in [6.07, 6.45) is 3.11. The number of amides is 1. The Morgan fingerprint density at radius 2 is 2.50 bits per heavy atom. The van der Waals surface area contributed by atoms with E-state index in [1.165, 1.54) is 6.20 Å². The molecule has 1 unspecified atom stereocenters. The number of hydrogen-bond acceptors (Lipinski definition) is 3. The molecular weight excluding hydrogens is 244 g/mol. The molecule has 16 heavy (non-hydrogen) atoms. The van der Waals surface area contributed by atoms with Crippen LogP contribution >= 0.6 is 23.4 Å². The molecule has 1 aromatic rings. The smallest absolute Gasteiger partial charge is 0.255 e. The molecule has 1 saturated heterocycles. The number of nitrogens with zero attached hydrogens (tertiary/aromatic N) is 2. The molecule has 0 aliphatic carbocycles. The van der Waals surface area contributed by atoms with Crippen molar-refractivity contribution >= 4 is 29.3 Å². The van der Waals surface area contributed by atoms with Crippen molar-refractivity contribution in [3.8, 4) is 0 Å². The zero-order chi connectivity index (χ0) is 11.5. The quantitative estimate of drug-likeness (QED) is 0.773. The molecule has 3 nitrogen and oxygen atoms in total. The van der Waals surface area contributed by atoms with Gasteiger partial charge in [-0.15, -0.1) is 0 Å². The summed E-state index contributed by atoms with van der Waals surface area (Å²) in [6, 6.07) is 1.68. The highest BCUT2D eigenvalue weighted by Crippen LogP contribution is 2.21. The van der Waals surface area contributed by atoms with Gasteiger partial charge in [-0.1, -0.05) is 18.5 Å². The van der Waals surface area contributed by atoms with Crippen LogP contribution in [0.5, 0.6) is 0 Å². The highest BCUT2D eigenvalue weighted by Gasteiger charge is 2.23. The van der Waals surface area contributed by atoms with Crippen LogP contribution in [-0.2, 0) is 0 Å². The predicted octanol–water partition coefficient (Wildman–Crippen LogP) is 2.31. The number of carbonyl (C=O) groups is 1. The first-order valence-corrected chi connectivity index (χ1v) is 6.61. The van der Waals surface area contributed by atoms with Gasteiger partial charge < -0.3 is 4.90 Å². The minimum Gasteiger partial charge on any atom is -0.337 e. The summed E-state index contributed by atoms with van der Waals surface area (Å²) in [4.78, 5) is 17.9. The highest BCUT2D eigenvalue weighted by molar-refractivity contribution is 7.99. The van der Waals surface area contributed by atoms with E-state index in [0.29, 0.717) is 15.8 Å². The molecule has 1 aromatic heterocycles. The van der Waals surface area contributed by atoms with E-state index in [0.717, 1.165) is 18.8 Å². The number of pyridine rings is 1. The molecule has 1 amide bonds. The average molecular weight is 257 g/mol. The Morgan fingerprint density at radius 1 is 1.69 bits per heavy atom. The van der Waals surface area contributed by atoms with E-state index < -0.39 is 0 Å². The van der Waals surface area contributed by atoms with Crippen molar-refractivity contribution in [1.29, 1.82) is 0 Å². The third-order valence-electron chi connectivity index (χ3n) is 2.53. The van der Waals surface area contributed by atoms with Crippen LogP contribution in [-0.4, -0.2) is 39.9 Å². The second kappa shape index (κ2) is 5.06. The van der Waals surface area contributed by atoms with Crippen LogP contribution in [0.2, 0.25) is 5.02 Å². The van der Waals surface area contributed by atoms with Gasteiger partial charge in [-0.25, -0.2) is 0 Å². The molecule has 1 atom stereocenters. The number of aromatic nitrogens is 1. The molecule has 1 aliphatic heterocycles. The zero-order valence-electron chi connectivity index (χ0n) is 9.02. The summed E-state index contributed by atoms with van der Waals surface area (Å²) in [5.74, 6) is 1.01. The number of halogens is 1. The van der Waals surface area contributed by atoms with Gasteiger partial charge in [0.1, 0.15) is 0 Å². The van der Waals surface area contributed by atoms with E-state index in [1.54, 1.807) is 12.3 Å². The Labute approximate surface area is 104 Å². The average Bonchev–Trinajstić information content (AvgIpc) is 2.29. The third kappa shape index (κ3) is 2.50. The second-order valence-corrected chi connectivity index (χ2v) is 5.74. The van der Waals surface area contributed by atoms with Crippen LogP contribution in [0.3, 0.4) is 0 Å². The fourth-order valence-corrected chi connectivity index (χ4v) is 2.94. The summed E-state index contributed by atoms with van der Waals surface area (Å²) in [5.41, 5.74) is 0.552. The largest absolute Gasteiger partial charge is 0.337 e. The van der Waals surface area contributed by atoms with Crippen molar-refractivity contribution in [3.05, 3.63) is 29.0 Å². The first-order chi connectivity index (χ1) is 7.68. The van der Waals surface area contributed by atoms with Gasteiger partial charge in [0.25, 0.3) is 5.91 Å². The minimum atomic E-state index is 0.0135. The van der Waals surface area contributed by atoms with Gasteiger partial charge in [-0.05, 0) is 6.07 Å². The molecule has 1 fully saturated rings. The highest BCUT2D eigenvalue weighted by atomic mass is 35.5. The lowest BCUT2D eigenvalue weighted by atomic mass is 10.2. The molecule has 0 N–H and O–H groups in total. The van der Waals surface area contributed by atoms with Crippen LogP contribution in [0, 0.1) is 0 Å². The number of rotatable bonds is 1. The van der Waals surface area contributed by atoms with Crippen LogP contribution < -0.4 is 0 Å². The van der Waals surface area contributed by atoms with E-state index in [4.69, 9.17) is 11.6 Å². The molecule has 0 radical (unpaired) electrons. The van der Waals surface area contributed by atoms with E-state index >= 15 is 0 Å². The van der Waals surface area contributed by atoms with Gasteiger partial charge in [0, 0.05) is 36.5 Å². The lowest BCUT2D eigenvalue weighted by Crippen LogP contribution is -2.41. The van der Waals surface area contributed by atoms with E-state index in [2.05, 4.69) is 11.9 Å². The number of carbonyl (C=O) groups excluding carboxylic acids is 1. The van der Waals surface area contributed by atoms with Gasteiger partial charge in [0.05, 0.1) is 10.6 Å². The Kier molecular flexibility index (Phi) is 3.71. The van der Waals surface area contributed by atoms with Gasteiger partial charge in [0.2, 0.25) is 0 Å². The molecule has 2 rings (SSSR count). The SMILES string of the molecule is CC1CN(C(=O)c2ccncc2Cl)CCS1. The second-order valence-electron chi connectivity index (χ2n) is 3.79. The fraction of sp³-hybridized carbons (Fsp3) is 0.455. The Morgan fingerprint density at radius 3 is 3.19 bits per heavy atom. The standard InChI is InChI=1S/C11H13ClN2OS/c1-8-7-14(4-5-16-8)11(15)9-2-3-13-6-10(9)12/h2-3,6,8H,4-5,7H2,1H3. The minimum absolute atomic E-state index is 0.0135. The Balaban J connectivity index is 2.16. The van der Waals surface area contributed by atoms with Gasteiger partial charge in [0.15, 0.2) is 0 Å². The van der Waals surface area contributed by atoms with E-state index in [-0.39, 0.29) is 5.91 Å². The predicted molar refractivity (Wildman–Crippen MR) is 67.1 cm³/mol. The normalized spacial score (nSPS) is 20.9.